The van der Waals surface area contributed by atoms with Crippen LogP contribution in [0.5, 0.6) is 0 Å². The van der Waals surface area contributed by atoms with E-state index < -0.39 is 22.9 Å². The average molecular weight is 649 g/mol. The van der Waals surface area contributed by atoms with Crippen molar-refractivity contribution in [3.63, 3.8) is 0 Å². The van der Waals surface area contributed by atoms with Crippen LogP contribution in [0, 0.1) is 24.7 Å². The Morgan fingerprint density at radius 3 is 2.36 bits per heavy atom. The second kappa shape index (κ2) is 15.7. The third kappa shape index (κ3) is 9.71. The second-order valence-corrected chi connectivity index (χ2v) is 7.64. The van der Waals surface area contributed by atoms with E-state index in [1.807, 2.05) is 26.0 Å². The van der Waals surface area contributed by atoms with Crippen LogP contribution in [0.2, 0.25) is 0 Å². The molecule has 0 saturated heterocycles. The van der Waals surface area contributed by atoms with Gasteiger partial charge in [0.15, 0.2) is 11.6 Å². The number of aryl methyl sites for hydroxylation is 1. The van der Waals surface area contributed by atoms with Crippen molar-refractivity contribution in [1.29, 1.82) is 0 Å². The molecule has 1 radical (unpaired) electrons. The molecule has 0 aliphatic carbocycles. The molecule has 181 valence electrons. The number of nitrogens with zero attached hydrogens (tertiary/aromatic N) is 3. The Bertz CT molecular complexity index is 902. The first-order valence-corrected chi connectivity index (χ1v) is 10.9. The average Bonchev–Trinajstić information content (AvgIpc) is 2.78. The van der Waals surface area contributed by atoms with Crippen LogP contribution in [0.1, 0.15) is 45.2 Å². The van der Waals surface area contributed by atoms with Gasteiger partial charge < -0.3 is 4.90 Å². The van der Waals surface area contributed by atoms with Crippen LogP contribution < -0.4 is 4.90 Å². The normalized spacial score (nSPS) is 11.7. The number of rotatable bonds is 10. The molecule has 0 spiro atoms. The molecular weight excluding hydrogens is 619 g/mol. The predicted molar refractivity (Wildman–Crippen MR) is 124 cm³/mol. The fourth-order valence-corrected chi connectivity index (χ4v) is 3.17. The molecule has 6 nitrogen and oxygen atoms in total. The Kier molecular flexibility index (Phi) is 14.6. The molecule has 0 aliphatic heterocycles. The van der Waals surface area contributed by atoms with E-state index in [1.54, 1.807) is 37.8 Å². The van der Waals surface area contributed by atoms with Crippen molar-refractivity contribution in [2.75, 3.05) is 11.4 Å². The summed E-state index contributed by atoms with van der Waals surface area (Å²) in [5.41, 5.74) is 1.46. The molecule has 2 unspecified atom stereocenters. The number of carbonyl (C=O) groups is 3. The maximum Gasteiger partial charge on any atom is 0.243 e. The maximum atomic E-state index is 14.3. The number of anilines is 1. The first-order valence-electron chi connectivity index (χ1n) is 10.5. The standard InChI is InChI=1S/C22H24ClFN3O3.C2H6.Re/c1-15-9-19(24)22(25-11-15)26(14-28)13-20(29)27(12-18-7-5-4-6-8-18)17(3)10-16(2)21(23)30;1-2;/h5-9,11,14,16-17H,10,12-13H2,1-3H3;1-2H3;/q-1;;. The molecule has 0 saturated carbocycles. The van der Waals surface area contributed by atoms with Crippen molar-refractivity contribution in [2.45, 2.75) is 53.6 Å². The number of pyridine rings is 1. The van der Waals surface area contributed by atoms with Crippen molar-refractivity contribution >= 4 is 35.0 Å². The molecule has 2 aromatic rings. The van der Waals surface area contributed by atoms with Crippen LogP contribution in [-0.4, -0.2) is 40.0 Å². The summed E-state index contributed by atoms with van der Waals surface area (Å²) in [5.74, 6) is -1.75. The summed E-state index contributed by atoms with van der Waals surface area (Å²) in [5, 5.41) is -0.482. The van der Waals surface area contributed by atoms with E-state index in [-0.39, 0.29) is 45.4 Å². The molecule has 0 aliphatic rings. The van der Waals surface area contributed by atoms with Gasteiger partial charge in [0.25, 0.3) is 0 Å². The zero-order chi connectivity index (χ0) is 24.3. The third-order valence-corrected chi connectivity index (χ3v) is 5.11. The van der Waals surface area contributed by atoms with Gasteiger partial charge in [-0.15, -0.1) is 5.56 Å². The molecule has 1 aromatic heterocycles. The molecule has 9 heteroatoms. The molecule has 2 atom stereocenters. The van der Waals surface area contributed by atoms with Crippen LogP contribution in [0.15, 0.2) is 36.5 Å². The van der Waals surface area contributed by atoms with Crippen molar-refractivity contribution < 1.29 is 39.2 Å². The molecule has 0 fully saturated rings. The molecule has 0 bridgehead atoms. The van der Waals surface area contributed by atoms with E-state index in [9.17, 15) is 18.8 Å². The van der Waals surface area contributed by atoms with E-state index in [2.05, 4.69) is 11.1 Å². The topological polar surface area (TPSA) is 70.6 Å². The Labute approximate surface area is 214 Å². The minimum atomic E-state index is -0.686. The van der Waals surface area contributed by atoms with Crippen molar-refractivity contribution in [3.8, 4) is 0 Å². The number of hydrogen-bond donors (Lipinski definition) is 0. The summed E-state index contributed by atoms with van der Waals surface area (Å²) in [4.78, 5) is 42.6. The largest absolute Gasteiger partial charge is 0.336 e. The van der Waals surface area contributed by atoms with Gasteiger partial charge in [-0.1, -0.05) is 20.8 Å². The van der Waals surface area contributed by atoms with Crippen molar-refractivity contribution in [1.82, 2.24) is 9.88 Å². The molecule has 33 heavy (non-hydrogen) atoms. The fourth-order valence-electron chi connectivity index (χ4n) is 3.08. The van der Waals surface area contributed by atoms with Gasteiger partial charge in [-0.05, 0) is 43.5 Å². The maximum absolute atomic E-state index is 14.3. The van der Waals surface area contributed by atoms with E-state index in [1.165, 1.54) is 12.3 Å². The summed E-state index contributed by atoms with van der Waals surface area (Å²) in [6.45, 7) is 9.04. The van der Waals surface area contributed by atoms with E-state index in [0.29, 0.717) is 18.4 Å². The van der Waals surface area contributed by atoms with Gasteiger partial charge in [-0.25, -0.2) is 9.37 Å². The molecule has 0 N–H and O–H groups in total. The Hall–Kier alpha value is -2.14. The number of aromatic nitrogens is 1. The number of benzene rings is 1. The molecule has 1 heterocycles. The van der Waals surface area contributed by atoms with Gasteiger partial charge in [-0.2, -0.15) is 30.3 Å². The summed E-state index contributed by atoms with van der Waals surface area (Å²) in [6, 6.07) is 10.9. The van der Waals surface area contributed by atoms with Crippen molar-refractivity contribution in [3.05, 3.63) is 59.5 Å². The monoisotopic (exact) mass is 649 g/mol. The van der Waals surface area contributed by atoms with E-state index >= 15 is 0 Å². The number of carbonyl (C=O) groups excluding carboxylic acids is 3. The quantitative estimate of drug-likeness (QED) is 0.216. The van der Waals surface area contributed by atoms with Crippen molar-refractivity contribution in [2.24, 2.45) is 5.92 Å². The zero-order valence-corrected chi connectivity index (χ0v) is 23.0. The first-order chi connectivity index (χ1) is 15.2. The van der Waals surface area contributed by atoms with Gasteiger partial charge in [-0.3, -0.25) is 19.3 Å². The van der Waals surface area contributed by atoms with Crippen LogP contribution in [0.3, 0.4) is 0 Å². The van der Waals surface area contributed by atoms with Crippen LogP contribution in [0.4, 0.5) is 10.2 Å². The smallest absolute Gasteiger partial charge is 0.243 e. The van der Waals surface area contributed by atoms with E-state index in [4.69, 9.17) is 11.6 Å². The Morgan fingerprint density at radius 2 is 1.85 bits per heavy atom. The molecule has 2 amide bonds. The zero-order valence-electron chi connectivity index (χ0n) is 19.5. The Balaban J connectivity index is 0.00000332. The molecule has 2 rings (SSSR count). The first kappa shape index (κ1) is 30.9. The van der Waals surface area contributed by atoms with E-state index in [0.717, 1.165) is 10.5 Å². The van der Waals surface area contributed by atoms with Gasteiger partial charge in [0.2, 0.25) is 17.6 Å². The van der Waals surface area contributed by atoms with Gasteiger partial charge >= 0.3 is 0 Å². The summed E-state index contributed by atoms with van der Waals surface area (Å²) in [7, 11) is 0. The molecule has 1 aromatic carbocycles. The van der Waals surface area contributed by atoms with Gasteiger partial charge in [0.05, 0.1) is 0 Å². The number of amides is 2. The summed E-state index contributed by atoms with van der Waals surface area (Å²) < 4.78 is 14.3. The molecular formula is C24H30ClFN3O3Re-. The number of halogens is 2. The Morgan fingerprint density at radius 1 is 1.24 bits per heavy atom. The van der Waals surface area contributed by atoms with Crippen LogP contribution in [0.25, 0.3) is 0 Å². The van der Waals surface area contributed by atoms with Gasteiger partial charge in [0, 0.05) is 45.1 Å². The second-order valence-electron chi connectivity index (χ2n) is 7.27. The minimum absolute atomic E-state index is 0. The van der Waals surface area contributed by atoms with Crippen LogP contribution in [-0.2, 0) is 41.4 Å². The van der Waals surface area contributed by atoms with Gasteiger partial charge in [0.1, 0.15) is 6.54 Å². The fraction of sp³-hybridized carbons (Fsp3) is 0.417. The predicted octanol–water partition coefficient (Wildman–Crippen LogP) is 4.52. The SMILES string of the molecule is CC.Cc1cnc(N(C=O)CC(=O)N(Cc2cc[c-]cc2)C(C)CC(C)C(=O)Cl)c(F)c1.[Re]. The summed E-state index contributed by atoms with van der Waals surface area (Å²) >= 11 is 5.58. The number of hydrogen-bond acceptors (Lipinski definition) is 4. The third-order valence-electron chi connectivity index (χ3n) is 4.74. The summed E-state index contributed by atoms with van der Waals surface area (Å²) in [6.07, 6.45) is 2.16. The minimum Gasteiger partial charge on any atom is -0.336 e. The van der Waals surface area contributed by atoms with Crippen LogP contribution >= 0.6 is 11.6 Å².